The SMILES string of the molecule is CNC(Cc1ccncc1)c1cnn(-c2ccccc2)n1. The normalized spacial score (nSPS) is 12.2. The van der Waals surface area contributed by atoms with E-state index in [4.69, 9.17) is 0 Å². The van der Waals surface area contributed by atoms with Gasteiger partial charge in [0.1, 0.15) is 5.69 Å². The summed E-state index contributed by atoms with van der Waals surface area (Å²) < 4.78 is 0. The minimum absolute atomic E-state index is 0.130. The monoisotopic (exact) mass is 279 g/mol. The van der Waals surface area contributed by atoms with Gasteiger partial charge in [-0.1, -0.05) is 18.2 Å². The highest BCUT2D eigenvalue weighted by molar-refractivity contribution is 5.28. The lowest BCUT2D eigenvalue weighted by Crippen LogP contribution is -2.19. The molecule has 0 spiro atoms. The van der Waals surface area contributed by atoms with E-state index >= 15 is 0 Å². The molecule has 0 radical (unpaired) electrons. The van der Waals surface area contributed by atoms with E-state index in [2.05, 4.69) is 20.5 Å². The minimum atomic E-state index is 0.130. The van der Waals surface area contributed by atoms with E-state index in [0.717, 1.165) is 17.8 Å². The van der Waals surface area contributed by atoms with E-state index in [1.54, 1.807) is 4.80 Å². The Hall–Kier alpha value is -2.53. The Morgan fingerprint density at radius 1 is 1.10 bits per heavy atom. The van der Waals surface area contributed by atoms with Crippen molar-refractivity contribution in [3.63, 3.8) is 0 Å². The highest BCUT2D eigenvalue weighted by atomic mass is 15.5. The first-order valence-electron chi connectivity index (χ1n) is 6.90. The van der Waals surface area contributed by atoms with Gasteiger partial charge in [-0.3, -0.25) is 4.98 Å². The number of hydrogen-bond donors (Lipinski definition) is 1. The van der Waals surface area contributed by atoms with Crippen LogP contribution in [0.15, 0.2) is 61.1 Å². The van der Waals surface area contributed by atoms with Crippen LogP contribution < -0.4 is 5.32 Å². The van der Waals surface area contributed by atoms with Gasteiger partial charge in [-0.25, -0.2) is 0 Å². The summed E-state index contributed by atoms with van der Waals surface area (Å²) in [6.07, 6.45) is 6.29. The summed E-state index contributed by atoms with van der Waals surface area (Å²) in [6.45, 7) is 0. The maximum atomic E-state index is 4.58. The molecule has 1 unspecified atom stereocenters. The predicted molar refractivity (Wildman–Crippen MR) is 81.1 cm³/mol. The summed E-state index contributed by atoms with van der Waals surface area (Å²) in [5.74, 6) is 0. The summed E-state index contributed by atoms with van der Waals surface area (Å²) in [5, 5.41) is 12.2. The molecule has 0 aliphatic heterocycles. The molecule has 1 aromatic carbocycles. The third-order valence-electron chi connectivity index (χ3n) is 3.39. The van der Waals surface area contributed by atoms with Crippen LogP contribution in [0.2, 0.25) is 0 Å². The Labute approximate surface area is 123 Å². The molecule has 21 heavy (non-hydrogen) atoms. The zero-order chi connectivity index (χ0) is 14.5. The second-order valence-electron chi connectivity index (χ2n) is 4.80. The van der Waals surface area contributed by atoms with Crippen LogP contribution in [0.4, 0.5) is 0 Å². The van der Waals surface area contributed by atoms with Gasteiger partial charge < -0.3 is 5.32 Å². The van der Waals surface area contributed by atoms with E-state index in [1.807, 2.05) is 68.1 Å². The van der Waals surface area contributed by atoms with Crippen LogP contribution in [0.3, 0.4) is 0 Å². The number of likely N-dealkylation sites (N-methyl/N-ethyl adjacent to an activating group) is 1. The summed E-state index contributed by atoms with van der Waals surface area (Å²) in [5.41, 5.74) is 3.11. The van der Waals surface area contributed by atoms with Crippen molar-refractivity contribution in [2.24, 2.45) is 0 Å². The van der Waals surface area contributed by atoms with E-state index in [9.17, 15) is 0 Å². The van der Waals surface area contributed by atoms with Crippen LogP contribution in [-0.2, 0) is 6.42 Å². The summed E-state index contributed by atoms with van der Waals surface area (Å²) in [7, 11) is 1.94. The Bertz CT molecular complexity index is 678. The molecule has 0 saturated carbocycles. The molecule has 3 aromatic rings. The van der Waals surface area contributed by atoms with E-state index in [-0.39, 0.29) is 6.04 Å². The smallest absolute Gasteiger partial charge is 0.100 e. The maximum absolute atomic E-state index is 4.58. The van der Waals surface area contributed by atoms with Gasteiger partial charge in [0.2, 0.25) is 0 Å². The van der Waals surface area contributed by atoms with Gasteiger partial charge in [0.05, 0.1) is 17.9 Å². The van der Waals surface area contributed by atoms with Crippen molar-refractivity contribution in [2.75, 3.05) is 7.05 Å². The van der Waals surface area contributed by atoms with Gasteiger partial charge in [0.25, 0.3) is 0 Å². The fourth-order valence-corrected chi connectivity index (χ4v) is 2.23. The number of pyridine rings is 1. The highest BCUT2D eigenvalue weighted by Crippen LogP contribution is 2.16. The van der Waals surface area contributed by atoms with E-state index in [0.29, 0.717) is 0 Å². The molecule has 1 N–H and O–H groups in total. The maximum Gasteiger partial charge on any atom is 0.100 e. The van der Waals surface area contributed by atoms with Crippen LogP contribution in [0, 0.1) is 0 Å². The van der Waals surface area contributed by atoms with Crippen LogP contribution in [-0.4, -0.2) is 27.0 Å². The van der Waals surface area contributed by atoms with E-state index < -0.39 is 0 Å². The molecule has 3 rings (SSSR count). The van der Waals surface area contributed by atoms with Crippen molar-refractivity contribution < 1.29 is 0 Å². The highest BCUT2D eigenvalue weighted by Gasteiger charge is 2.14. The molecule has 2 heterocycles. The average molecular weight is 279 g/mol. The topological polar surface area (TPSA) is 55.6 Å². The molecule has 0 aliphatic rings. The van der Waals surface area contributed by atoms with Gasteiger partial charge in [-0.2, -0.15) is 15.0 Å². The van der Waals surface area contributed by atoms with Gasteiger partial charge in [0, 0.05) is 12.4 Å². The lowest BCUT2D eigenvalue weighted by molar-refractivity contribution is 0.567. The third kappa shape index (κ3) is 3.14. The lowest BCUT2D eigenvalue weighted by atomic mass is 10.1. The first-order chi connectivity index (χ1) is 10.4. The third-order valence-corrected chi connectivity index (χ3v) is 3.39. The number of nitrogens with one attached hydrogen (secondary N) is 1. The number of rotatable bonds is 5. The van der Waals surface area contributed by atoms with Crippen molar-refractivity contribution in [3.05, 3.63) is 72.3 Å². The molecule has 0 aliphatic carbocycles. The average Bonchev–Trinajstić information content (AvgIpc) is 3.04. The second kappa shape index (κ2) is 6.28. The Kier molecular flexibility index (Phi) is 4.02. The quantitative estimate of drug-likeness (QED) is 0.777. The molecule has 106 valence electrons. The van der Waals surface area contributed by atoms with Crippen LogP contribution in [0.5, 0.6) is 0 Å². The molecule has 0 saturated heterocycles. The number of para-hydroxylation sites is 1. The largest absolute Gasteiger partial charge is 0.311 e. The Balaban J connectivity index is 1.81. The van der Waals surface area contributed by atoms with Gasteiger partial charge >= 0.3 is 0 Å². The molecule has 0 amide bonds. The molecule has 1 atom stereocenters. The molecule has 2 aromatic heterocycles. The summed E-state index contributed by atoms with van der Waals surface area (Å²) in [4.78, 5) is 5.70. The zero-order valence-corrected chi connectivity index (χ0v) is 11.8. The van der Waals surface area contributed by atoms with Crippen LogP contribution in [0.1, 0.15) is 17.3 Å². The molecule has 5 heteroatoms. The summed E-state index contributed by atoms with van der Waals surface area (Å²) in [6, 6.07) is 14.1. The van der Waals surface area contributed by atoms with Crippen molar-refractivity contribution in [1.82, 2.24) is 25.3 Å². The number of benzene rings is 1. The molecule has 0 fully saturated rings. The predicted octanol–water partition coefficient (Wildman–Crippen LogP) is 2.17. The molecule has 5 nitrogen and oxygen atoms in total. The Morgan fingerprint density at radius 3 is 2.57 bits per heavy atom. The van der Waals surface area contributed by atoms with Crippen molar-refractivity contribution >= 4 is 0 Å². The number of hydrogen-bond acceptors (Lipinski definition) is 4. The first-order valence-corrected chi connectivity index (χ1v) is 6.90. The Morgan fingerprint density at radius 2 is 1.86 bits per heavy atom. The minimum Gasteiger partial charge on any atom is -0.311 e. The molecule has 0 bridgehead atoms. The van der Waals surface area contributed by atoms with Gasteiger partial charge in [0.15, 0.2) is 0 Å². The van der Waals surface area contributed by atoms with Crippen molar-refractivity contribution in [3.8, 4) is 5.69 Å². The lowest BCUT2D eigenvalue weighted by Gasteiger charge is -2.13. The first kappa shape index (κ1) is 13.5. The van der Waals surface area contributed by atoms with E-state index in [1.165, 1.54) is 5.56 Å². The second-order valence-corrected chi connectivity index (χ2v) is 4.80. The van der Waals surface area contributed by atoms with Crippen molar-refractivity contribution in [2.45, 2.75) is 12.5 Å². The van der Waals surface area contributed by atoms with Crippen LogP contribution in [0.25, 0.3) is 5.69 Å². The van der Waals surface area contributed by atoms with Crippen LogP contribution >= 0.6 is 0 Å². The molecular weight excluding hydrogens is 262 g/mol. The molecular formula is C16H17N5. The zero-order valence-electron chi connectivity index (χ0n) is 11.8. The summed E-state index contributed by atoms with van der Waals surface area (Å²) >= 11 is 0. The number of nitrogens with zero attached hydrogens (tertiary/aromatic N) is 4. The van der Waals surface area contributed by atoms with Crippen molar-refractivity contribution in [1.29, 1.82) is 0 Å². The van der Waals surface area contributed by atoms with Gasteiger partial charge in [-0.05, 0) is 43.3 Å². The standard InChI is InChI=1S/C16H17N5/c1-17-15(11-13-7-9-18-10-8-13)16-12-19-21(20-16)14-5-3-2-4-6-14/h2-10,12,15,17H,11H2,1H3. The number of aromatic nitrogens is 4. The fourth-order valence-electron chi connectivity index (χ4n) is 2.23. The van der Waals surface area contributed by atoms with Gasteiger partial charge in [-0.15, -0.1) is 0 Å². The fraction of sp³-hybridized carbons (Fsp3) is 0.188.